The summed E-state index contributed by atoms with van der Waals surface area (Å²) in [6, 6.07) is 21.2. The molecule has 3 aromatic rings. The van der Waals surface area contributed by atoms with Crippen molar-refractivity contribution >= 4 is 28.6 Å². The third-order valence-electron chi connectivity index (χ3n) is 4.01. The molecular formula is C21H21N3O2. The zero-order chi connectivity index (χ0) is 18.4. The number of hydrogen-bond donors (Lipinski definition) is 2. The van der Waals surface area contributed by atoms with Crippen molar-refractivity contribution in [3.05, 3.63) is 72.3 Å². The smallest absolute Gasteiger partial charge is 0.262 e. The van der Waals surface area contributed by atoms with Crippen LogP contribution in [0.15, 0.2) is 71.8 Å². The molecule has 0 saturated heterocycles. The van der Waals surface area contributed by atoms with Crippen molar-refractivity contribution in [1.29, 1.82) is 0 Å². The van der Waals surface area contributed by atoms with Gasteiger partial charge in [-0.3, -0.25) is 4.79 Å². The number of fused-ring (bicyclic) bond motifs is 1. The molecule has 0 radical (unpaired) electrons. The zero-order valence-corrected chi connectivity index (χ0v) is 14.8. The minimum absolute atomic E-state index is 0.211. The van der Waals surface area contributed by atoms with Crippen LogP contribution >= 0.6 is 0 Å². The Hall–Kier alpha value is -3.34. The molecule has 0 saturated carbocycles. The molecule has 0 spiro atoms. The standard InChI is InChI=1S/C21H21N3O2/c1-15(23-19-11-10-17-7-3-4-8-18(17)13-19)21(25)24-22-14-16-6-5-9-20(12-16)26-2/h3-15,23H,1-2H3,(H,24,25). The molecule has 3 rings (SSSR count). The number of rotatable bonds is 6. The van der Waals surface area contributed by atoms with Gasteiger partial charge in [-0.1, -0.05) is 42.5 Å². The van der Waals surface area contributed by atoms with Gasteiger partial charge >= 0.3 is 0 Å². The molecule has 3 aromatic carbocycles. The number of nitrogens with one attached hydrogen (secondary N) is 2. The summed E-state index contributed by atoms with van der Waals surface area (Å²) < 4.78 is 5.16. The van der Waals surface area contributed by atoms with Crippen molar-refractivity contribution in [2.24, 2.45) is 5.10 Å². The van der Waals surface area contributed by atoms with Gasteiger partial charge in [-0.15, -0.1) is 0 Å². The Morgan fingerprint density at radius 2 is 1.85 bits per heavy atom. The van der Waals surface area contributed by atoms with Crippen LogP contribution < -0.4 is 15.5 Å². The molecule has 132 valence electrons. The second-order valence-electron chi connectivity index (χ2n) is 5.94. The van der Waals surface area contributed by atoms with E-state index in [1.807, 2.05) is 60.7 Å². The van der Waals surface area contributed by atoms with E-state index < -0.39 is 6.04 Å². The van der Waals surface area contributed by atoms with Gasteiger partial charge in [0, 0.05) is 5.69 Å². The van der Waals surface area contributed by atoms with E-state index in [9.17, 15) is 4.79 Å². The Bertz CT molecular complexity index is 937. The van der Waals surface area contributed by atoms with Crippen LogP contribution in [0.5, 0.6) is 5.75 Å². The molecule has 0 aliphatic carbocycles. The van der Waals surface area contributed by atoms with Gasteiger partial charge < -0.3 is 10.1 Å². The van der Waals surface area contributed by atoms with Gasteiger partial charge in [0.05, 0.1) is 13.3 Å². The Balaban J connectivity index is 1.59. The number of carbonyl (C=O) groups excluding carboxylic acids is 1. The van der Waals surface area contributed by atoms with Crippen LogP contribution in [0.25, 0.3) is 10.8 Å². The second kappa shape index (κ2) is 8.16. The Kier molecular flexibility index (Phi) is 5.49. The fraction of sp³-hybridized carbons (Fsp3) is 0.143. The predicted molar refractivity (Wildman–Crippen MR) is 106 cm³/mol. The van der Waals surface area contributed by atoms with E-state index in [0.29, 0.717) is 0 Å². The SMILES string of the molecule is COc1cccc(C=NNC(=O)C(C)Nc2ccc3ccccc3c2)c1. The van der Waals surface area contributed by atoms with Crippen LogP contribution in [0.1, 0.15) is 12.5 Å². The zero-order valence-electron chi connectivity index (χ0n) is 14.8. The topological polar surface area (TPSA) is 62.7 Å². The summed E-state index contributed by atoms with van der Waals surface area (Å²) in [6.07, 6.45) is 1.59. The molecule has 0 aliphatic rings. The maximum Gasteiger partial charge on any atom is 0.262 e. The largest absolute Gasteiger partial charge is 0.497 e. The van der Waals surface area contributed by atoms with Gasteiger partial charge in [0.25, 0.3) is 5.91 Å². The number of hydrazone groups is 1. The number of ether oxygens (including phenoxy) is 1. The van der Waals surface area contributed by atoms with Crippen molar-refractivity contribution in [2.45, 2.75) is 13.0 Å². The van der Waals surface area contributed by atoms with Gasteiger partial charge in [-0.2, -0.15) is 5.10 Å². The van der Waals surface area contributed by atoms with Crippen LogP contribution in [0.4, 0.5) is 5.69 Å². The molecule has 1 unspecified atom stereocenters. The number of amides is 1. The first kappa shape index (κ1) is 17.5. The third kappa shape index (κ3) is 4.39. The number of benzene rings is 3. The first-order valence-electron chi connectivity index (χ1n) is 8.38. The summed E-state index contributed by atoms with van der Waals surface area (Å²) in [7, 11) is 1.61. The van der Waals surface area contributed by atoms with E-state index in [-0.39, 0.29) is 5.91 Å². The van der Waals surface area contributed by atoms with E-state index in [2.05, 4.69) is 21.9 Å². The Morgan fingerprint density at radius 3 is 2.65 bits per heavy atom. The molecule has 0 bridgehead atoms. The molecule has 0 fully saturated rings. The highest BCUT2D eigenvalue weighted by molar-refractivity contribution is 5.89. The Labute approximate surface area is 152 Å². The van der Waals surface area contributed by atoms with Crippen LogP contribution in [-0.4, -0.2) is 25.3 Å². The van der Waals surface area contributed by atoms with Crippen molar-refractivity contribution in [3.8, 4) is 5.75 Å². The molecule has 1 amide bonds. The van der Waals surface area contributed by atoms with E-state index in [0.717, 1.165) is 27.8 Å². The van der Waals surface area contributed by atoms with E-state index in [4.69, 9.17) is 4.74 Å². The molecule has 0 aliphatic heterocycles. The summed E-state index contributed by atoms with van der Waals surface area (Å²) in [5.41, 5.74) is 4.29. The van der Waals surface area contributed by atoms with E-state index in [1.165, 1.54) is 0 Å². The summed E-state index contributed by atoms with van der Waals surface area (Å²) in [5, 5.41) is 9.50. The van der Waals surface area contributed by atoms with Crippen LogP contribution in [0.3, 0.4) is 0 Å². The van der Waals surface area contributed by atoms with Crippen molar-refractivity contribution in [2.75, 3.05) is 12.4 Å². The molecular weight excluding hydrogens is 326 g/mol. The van der Waals surface area contributed by atoms with Gasteiger partial charge in [0.2, 0.25) is 0 Å². The lowest BCUT2D eigenvalue weighted by Crippen LogP contribution is -2.34. The van der Waals surface area contributed by atoms with Crippen molar-refractivity contribution in [3.63, 3.8) is 0 Å². The molecule has 2 N–H and O–H groups in total. The number of anilines is 1. The van der Waals surface area contributed by atoms with E-state index in [1.54, 1.807) is 20.2 Å². The van der Waals surface area contributed by atoms with Crippen LogP contribution in [-0.2, 0) is 4.79 Å². The summed E-state index contributed by atoms with van der Waals surface area (Å²) in [4.78, 5) is 12.2. The summed E-state index contributed by atoms with van der Waals surface area (Å²) >= 11 is 0. The molecule has 1 atom stereocenters. The van der Waals surface area contributed by atoms with Gasteiger partial charge in [-0.05, 0) is 47.5 Å². The number of nitrogens with zero attached hydrogens (tertiary/aromatic N) is 1. The van der Waals surface area contributed by atoms with Gasteiger partial charge in [0.1, 0.15) is 11.8 Å². The highest BCUT2D eigenvalue weighted by Crippen LogP contribution is 2.19. The molecule has 5 nitrogen and oxygen atoms in total. The lowest BCUT2D eigenvalue weighted by Gasteiger charge is -2.14. The van der Waals surface area contributed by atoms with Crippen LogP contribution in [0, 0.1) is 0 Å². The molecule has 0 heterocycles. The van der Waals surface area contributed by atoms with Crippen molar-refractivity contribution < 1.29 is 9.53 Å². The monoisotopic (exact) mass is 347 g/mol. The fourth-order valence-corrected chi connectivity index (χ4v) is 2.58. The second-order valence-corrected chi connectivity index (χ2v) is 5.94. The fourth-order valence-electron chi connectivity index (χ4n) is 2.58. The average molecular weight is 347 g/mol. The molecule has 5 heteroatoms. The van der Waals surface area contributed by atoms with Crippen LogP contribution in [0.2, 0.25) is 0 Å². The highest BCUT2D eigenvalue weighted by atomic mass is 16.5. The normalized spacial score (nSPS) is 12.1. The van der Waals surface area contributed by atoms with Gasteiger partial charge in [0.15, 0.2) is 0 Å². The van der Waals surface area contributed by atoms with Gasteiger partial charge in [-0.25, -0.2) is 5.43 Å². The molecule has 26 heavy (non-hydrogen) atoms. The predicted octanol–water partition coefficient (Wildman–Crippen LogP) is 3.80. The summed E-state index contributed by atoms with van der Waals surface area (Å²) in [6.45, 7) is 1.80. The van der Waals surface area contributed by atoms with E-state index >= 15 is 0 Å². The Morgan fingerprint density at radius 1 is 1.04 bits per heavy atom. The lowest BCUT2D eigenvalue weighted by atomic mass is 10.1. The highest BCUT2D eigenvalue weighted by Gasteiger charge is 2.11. The maximum atomic E-state index is 12.2. The van der Waals surface area contributed by atoms with Crippen molar-refractivity contribution in [1.82, 2.24) is 5.43 Å². The first-order valence-corrected chi connectivity index (χ1v) is 8.38. The average Bonchev–Trinajstić information content (AvgIpc) is 2.68. The lowest BCUT2D eigenvalue weighted by molar-refractivity contribution is -0.121. The summed E-state index contributed by atoms with van der Waals surface area (Å²) in [5.74, 6) is 0.531. The number of carbonyl (C=O) groups is 1. The number of hydrogen-bond acceptors (Lipinski definition) is 4. The molecule has 0 aromatic heterocycles. The quantitative estimate of drug-likeness (QED) is 0.527. The maximum absolute atomic E-state index is 12.2. The first-order chi connectivity index (χ1) is 12.7. The third-order valence-corrected chi connectivity index (χ3v) is 4.01. The number of methoxy groups -OCH3 is 1. The minimum Gasteiger partial charge on any atom is -0.497 e. The minimum atomic E-state index is -0.418.